The number of furan rings is 1. The van der Waals surface area contributed by atoms with Crippen molar-refractivity contribution in [1.82, 2.24) is 4.90 Å². The monoisotopic (exact) mass is 430 g/mol. The average Bonchev–Trinajstić information content (AvgIpc) is 3.11. The fraction of sp³-hybridized carbons (Fsp3) is 0.190. The highest BCUT2D eigenvalue weighted by Gasteiger charge is 2.36. The molecule has 0 aliphatic carbocycles. The van der Waals surface area contributed by atoms with Crippen LogP contribution in [0, 0.1) is 11.3 Å². The molecule has 0 saturated carbocycles. The largest absolute Gasteiger partial charge is 0.457 e. The molecule has 0 saturated heterocycles. The topological polar surface area (TPSA) is 94.5 Å². The van der Waals surface area contributed by atoms with Gasteiger partial charge in [-0.3, -0.25) is 14.5 Å². The molecule has 2 amide bonds. The van der Waals surface area contributed by atoms with Crippen LogP contribution in [0.25, 0.3) is 17.4 Å². The summed E-state index contributed by atoms with van der Waals surface area (Å²) in [4.78, 5) is 26.1. The van der Waals surface area contributed by atoms with E-state index in [0.29, 0.717) is 27.1 Å². The van der Waals surface area contributed by atoms with E-state index in [-0.39, 0.29) is 23.3 Å². The molecular formula is C21H16Cl2N2O4. The van der Waals surface area contributed by atoms with Gasteiger partial charge < -0.3 is 9.52 Å². The Bertz CT molecular complexity index is 1110. The highest BCUT2D eigenvalue weighted by molar-refractivity contribution is 6.36. The minimum atomic E-state index is -0.926. The lowest BCUT2D eigenvalue weighted by Crippen LogP contribution is -2.45. The molecule has 3 rings (SSSR count). The zero-order chi connectivity index (χ0) is 21.3. The average molecular weight is 431 g/mol. The molecule has 1 atom stereocenters. The maximum Gasteiger partial charge on any atom is 0.271 e. The van der Waals surface area contributed by atoms with Gasteiger partial charge in [-0.1, -0.05) is 23.2 Å². The lowest BCUT2D eigenvalue weighted by molar-refractivity contribution is -0.141. The number of halogens is 2. The second-order valence-electron chi connectivity index (χ2n) is 6.57. The second kappa shape index (κ2) is 8.26. The second-order valence-corrected chi connectivity index (χ2v) is 7.41. The Morgan fingerprint density at radius 2 is 1.97 bits per heavy atom. The Balaban J connectivity index is 2.03. The van der Waals surface area contributed by atoms with Crippen molar-refractivity contribution in [2.24, 2.45) is 0 Å². The SMILES string of the molecule is CC1=C(C#N)C(=O)N(CC(C)O)C(=O)/C1=C/c1ccc(-c2ccc(Cl)cc2Cl)o1. The number of hydrogen-bond donors (Lipinski definition) is 1. The maximum absolute atomic E-state index is 12.8. The van der Waals surface area contributed by atoms with Crippen LogP contribution in [0.4, 0.5) is 0 Å². The zero-order valence-corrected chi connectivity index (χ0v) is 17.1. The summed E-state index contributed by atoms with van der Waals surface area (Å²) in [6.07, 6.45) is 0.536. The van der Waals surface area contributed by atoms with E-state index in [9.17, 15) is 20.0 Å². The van der Waals surface area contributed by atoms with E-state index in [2.05, 4.69) is 0 Å². The van der Waals surface area contributed by atoms with Gasteiger partial charge in [0.1, 0.15) is 23.2 Å². The Hall–Kier alpha value is -2.85. The molecule has 2 heterocycles. The molecule has 1 aromatic heterocycles. The molecule has 0 fully saturated rings. The zero-order valence-electron chi connectivity index (χ0n) is 15.6. The van der Waals surface area contributed by atoms with Crippen LogP contribution in [0.15, 0.2) is 51.5 Å². The molecule has 148 valence electrons. The van der Waals surface area contributed by atoms with E-state index in [4.69, 9.17) is 27.6 Å². The van der Waals surface area contributed by atoms with Crippen molar-refractivity contribution in [3.8, 4) is 17.4 Å². The summed E-state index contributed by atoms with van der Waals surface area (Å²) in [7, 11) is 0. The fourth-order valence-corrected chi connectivity index (χ4v) is 3.47. The number of nitrogens with zero attached hydrogens (tertiary/aromatic N) is 2. The summed E-state index contributed by atoms with van der Waals surface area (Å²) in [6.45, 7) is 2.77. The summed E-state index contributed by atoms with van der Waals surface area (Å²) in [5, 5.41) is 19.9. The van der Waals surface area contributed by atoms with Gasteiger partial charge in [-0.25, -0.2) is 0 Å². The highest BCUT2D eigenvalue weighted by Crippen LogP contribution is 2.33. The first-order valence-corrected chi connectivity index (χ1v) is 9.41. The number of benzene rings is 1. The third kappa shape index (κ3) is 4.13. The summed E-state index contributed by atoms with van der Waals surface area (Å²) in [5.74, 6) is -0.505. The van der Waals surface area contributed by atoms with Crippen LogP contribution < -0.4 is 0 Å². The van der Waals surface area contributed by atoms with Crippen molar-refractivity contribution in [2.75, 3.05) is 6.54 Å². The third-order valence-electron chi connectivity index (χ3n) is 4.38. The quantitative estimate of drug-likeness (QED) is 0.578. The first kappa shape index (κ1) is 20.9. The van der Waals surface area contributed by atoms with Gasteiger partial charge in [0.2, 0.25) is 0 Å². The number of aliphatic hydroxyl groups excluding tert-OH is 1. The van der Waals surface area contributed by atoms with Crippen LogP contribution in [-0.2, 0) is 9.59 Å². The van der Waals surface area contributed by atoms with Gasteiger partial charge in [0.25, 0.3) is 11.8 Å². The van der Waals surface area contributed by atoms with Crippen LogP contribution >= 0.6 is 23.2 Å². The van der Waals surface area contributed by atoms with E-state index in [1.54, 1.807) is 30.3 Å². The van der Waals surface area contributed by atoms with Gasteiger partial charge in [0, 0.05) is 16.2 Å². The van der Waals surface area contributed by atoms with E-state index >= 15 is 0 Å². The lowest BCUT2D eigenvalue weighted by Gasteiger charge is -2.28. The standard InChI is InChI=1S/C21H16Cl2N2O4/c1-11(26)10-25-20(27)16(12(2)17(9-24)21(25)28)8-14-4-6-19(29-14)15-5-3-13(22)7-18(15)23/h3-8,11,26H,10H2,1-2H3/b16-8+. The number of β-amino-alcohol motifs (C(OH)–C–C–N with tert-alkyl or cyclic N) is 1. The van der Waals surface area contributed by atoms with Crippen LogP contribution in [0.2, 0.25) is 10.0 Å². The molecule has 29 heavy (non-hydrogen) atoms. The smallest absolute Gasteiger partial charge is 0.271 e. The van der Waals surface area contributed by atoms with E-state index in [1.165, 1.54) is 19.9 Å². The van der Waals surface area contributed by atoms with Crippen molar-refractivity contribution in [3.63, 3.8) is 0 Å². The van der Waals surface area contributed by atoms with Crippen molar-refractivity contribution in [3.05, 3.63) is 62.9 Å². The summed E-state index contributed by atoms with van der Waals surface area (Å²) < 4.78 is 5.79. The predicted molar refractivity (Wildman–Crippen MR) is 109 cm³/mol. The molecule has 1 unspecified atom stereocenters. The Kier molecular flexibility index (Phi) is 5.94. The fourth-order valence-electron chi connectivity index (χ4n) is 2.97. The number of aliphatic hydroxyl groups is 1. The molecule has 8 heteroatoms. The number of hydrogen-bond acceptors (Lipinski definition) is 5. The van der Waals surface area contributed by atoms with Crippen molar-refractivity contribution < 1.29 is 19.1 Å². The molecule has 1 aromatic carbocycles. The Morgan fingerprint density at radius 1 is 1.24 bits per heavy atom. The van der Waals surface area contributed by atoms with Gasteiger partial charge in [0.15, 0.2) is 0 Å². The van der Waals surface area contributed by atoms with Crippen LogP contribution in [0.1, 0.15) is 19.6 Å². The third-order valence-corrected chi connectivity index (χ3v) is 4.93. The normalized spacial score (nSPS) is 17.1. The van der Waals surface area contributed by atoms with Crippen molar-refractivity contribution >= 4 is 41.1 Å². The van der Waals surface area contributed by atoms with Crippen molar-refractivity contribution in [1.29, 1.82) is 5.26 Å². The highest BCUT2D eigenvalue weighted by atomic mass is 35.5. The predicted octanol–water partition coefficient (Wildman–Crippen LogP) is 4.23. The summed E-state index contributed by atoms with van der Waals surface area (Å²) in [6, 6.07) is 10.2. The number of rotatable bonds is 4. The molecule has 0 spiro atoms. The van der Waals surface area contributed by atoms with Gasteiger partial charge >= 0.3 is 0 Å². The number of carbonyl (C=O) groups is 2. The molecular weight excluding hydrogens is 415 g/mol. The number of imide groups is 1. The van der Waals surface area contributed by atoms with Crippen LogP contribution in [-0.4, -0.2) is 34.5 Å². The Morgan fingerprint density at radius 3 is 2.59 bits per heavy atom. The van der Waals surface area contributed by atoms with Crippen molar-refractivity contribution in [2.45, 2.75) is 20.0 Å². The molecule has 2 aromatic rings. The van der Waals surface area contributed by atoms with Gasteiger partial charge in [-0.05, 0) is 55.8 Å². The first-order valence-electron chi connectivity index (χ1n) is 8.65. The molecule has 6 nitrogen and oxygen atoms in total. The lowest BCUT2D eigenvalue weighted by atomic mass is 9.94. The Labute approximate surface area is 177 Å². The molecule has 1 aliphatic rings. The maximum atomic E-state index is 12.8. The number of amides is 2. The van der Waals surface area contributed by atoms with Crippen LogP contribution in [0.5, 0.6) is 0 Å². The van der Waals surface area contributed by atoms with Gasteiger partial charge in [-0.2, -0.15) is 5.26 Å². The van der Waals surface area contributed by atoms with Gasteiger partial charge in [0.05, 0.1) is 17.7 Å². The van der Waals surface area contributed by atoms with E-state index < -0.39 is 17.9 Å². The molecule has 0 bridgehead atoms. The molecule has 1 aliphatic heterocycles. The summed E-state index contributed by atoms with van der Waals surface area (Å²) in [5.41, 5.74) is 0.882. The summed E-state index contributed by atoms with van der Waals surface area (Å²) >= 11 is 12.1. The first-order chi connectivity index (χ1) is 13.7. The van der Waals surface area contributed by atoms with Crippen LogP contribution in [0.3, 0.4) is 0 Å². The minimum absolute atomic E-state index is 0.143. The van der Waals surface area contributed by atoms with E-state index in [1.807, 2.05) is 6.07 Å². The number of nitriles is 1. The number of carbonyl (C=O) groups excluding carboxylic acids is 2. The minimum Gasteiger partial charge on any atom is -0.457 e. The van der Waals surface area contributed by atoms with E-state index in [0.717, 1.165) is 4.90 Å². The molecule has 1 N–H and O–H groups in total. The molecule has 0 radical (unpaired) electrons. The van der Waals surface area contributed by atoms with Gasteiger partial charge in [-0.15, -0.1) is 0 Å².